The van der Waals surface area contributed by atoms with Gasteiger partial charge in [0.15, 0.2) is 0 Å². The summed E-state index contributed by atoms with van der Waals surface area (Å²) in [4.78, 5) is 32.6. The van der Waals surface area contributed by atoms with Gasteiger partial charge in [0.05, 0.1) is 7.11 Å². The van der Waals surface area contributed by atoms with E-state index in [1.54, 1.807) is 7.11 Å². The molecule has 6 rings (SSSR count). The van der Waals surface area contributed by atoms with E-state index in [9.17, 15) is 9.59 Å². The van der Waals surface area contributed by atoms with Gasteiger partial charge in [0.25, 0.3) is 0 Å². The van der Waals surface area contributed by atoms with Crippen molar-refractivity contribution in [1.29, 1.82) is 0 Å². The molecule has 2 aromatic rings. The first kappa shape index (κ1) is 24.5. The molecule has 1 saturated carbocycles. The molecule has 3 saturated heterocycles. The van der Waals surface area contributed by atoms with Crippen LogP contribution in [0.5, 0.6) is 5.75 Å². The molecule has 6 nitrogen and oxygen atoms in total. The Labute approximate surface area is 220 Å². The van der Waals surface area contributed by atoms with Gasteiger partial charge in [-0.25, -0.2) is 0 Å². The highest BCUT2D eigenvalue weighted by Crippen LogP contribution is 2.43. The van der Waals surface area contributed by atoms with Crippen LogP contribution in [-0.2, 0) is 16.1 Å². The summed E-state index contributed by atoms with van der Waals surface area (Å²) in [5.41, 5.74) is 2.63. The number of rotatable bonds is 7. The minimum absolute atomic E-state index is 0.114. The van der Waals surface area contributed by atoms with Gasteiger partial charge in [-0.2, -0.15) is 0 Å². The SMILES string of the molecule is COc1ccc(CN2CC3(CCN(C[C@H]4CN(C(=O)C5CC5)CC4c4ccccc4)CC3)CC2=O)cc1. The summed E-state index contributed by atoms with van der Waals surface area (Å²) >= 11 is 0. The van der Waals surface area contributed by atoms with Crippen LogP contribution in [0.3, 0.4) is 0 Å². The molecule has 0 radical (unpaired) electrons. The first-order valence-corrected chi connectivity index (χ1v) is 14.0. The van der Waals surface area contributed by atoms with Crippen molar-refractivity contribution in [3.63, 3.8) is 0 Å². The van der Waals surface area contributed by atoms with E-state index in [4.69, 9.17) is 4.74 Å². The highest BCUT2D eigenvalue weighted by atomic mass is 16.5. The highest BCUT2D eigenvalue weighted by molar-refractivity contribution is 5.81. The van der Waals surface area contributed by atoms with E-state index in [1.165, 1.54) is 5.56 Å². The lowest BCUT2D eigenvalue weighted by molar-refractivity contribution is -0.131. The maximum absolute atomic E-state index is 12.9. The van der Waals surface area contributed by atoms with Crippen molar-refractivity contribution in [2.75, 3.05) is 46.4 Å². The van der Waals surface area contributed by atoms with E-state index in [0.29, 0.717) is 36.6 Å². The van der Waals surface area contributed by atoms with Crippen LogP contribution in [0.4, 0.5) is 0 Å². The Hall–Kier alpha value is -2.86. The molecular weight excluding hydrogens is 462 g/mol. The summed E-state index contributed by atoms with van der Waals surface area (Å²) in [6.45, 7) is 6.40. The van der Waals surface area contributed by atoms with Gasteiger partial charge in [-0.15, -0.1) is 0 Å². The molecule has 3 heterocycles. The molecule has 0 bridgehead atoms. The second-order valence-electron chi connectivity index (χ2n) is 11.9. The molecule has 0 N–H and O–H groups in total. The molecule has 0 aromatic heterocycles. The number of carbonyl (C=O) groups is 2. The summed E-state index contributed by atoms with van der Waals surface area (Å²) in [5, 5.41) is 0. The van der Waals surface area contributed by atoms with Crippen LogP contribution in [0.2, 0.25) is 0 Å². The van der Waals surface area contributed by atoms with Crippen LogP contribution in [-0.4, -0.2) is 72.9 Å². The minimum Gasteiger partial charge on any atom is -0.497 e. The Balaban J connectivity index is 1.06. The molecule has 37 heavy (non-hydrogen) atoms. The Bertz CT molecular complexity index is 1110. The zero-order valence-electron chi connectivity index (χ0n) is 22.0. The van der Waals surface area contributed by atoms with Crippen LogP contribution >= 0.6 is 0 Å². The Morgan fingerprint density at radius 3 is 2.41 bits per heavy atom. The molecular formula is C31H39N3O3. The Morgan fingerprint density at radius 2 is 1.73 bits per heavy atom. The average molecular weight is 502 g/mol. The van der Waals surface area contributed by atoms with Gasteiger partial charge in [0.2, 0.25) is 11.8 Å². The summed E-state index contributed by atoms with van der Waals surface area (Å²) < 4.78 is 5.27. The van der Waals surface area contributed by atoms with Crippen LogP contribution in [0, 0.1) is 17.3 Å². The van der Waals surface area contributed by atoms with Crippen molar-refractivity contribution in [3.05, 3.63) is 65.7 Å². The van der Waals surface area contributed by atoms with Crippen molar-refractivity contribution in [3.8, 4) is 5.75 Å². The van der Waals surface area contributed by atoms with Crippen LogP contribution < -0.4 is 4.74 Å². The van der Waals surface area contributed by atoms with Crippen molar-refractivity contribution in [2.45, 2.75) is 44.6 Å². The molecule has 2 aromatic carbocycles. The van der Waals surface area contributed by atoms with E-state index >= 15 is 0 Å². The van der Waals surface area contributed by atoms with Crippen molar-refractivity contribution >= 4 is 11.8 Å². The van der Waals surface area contributed by atoms with Gasteiger partial charge in [-0.3, -0.25) is 9.59 Å². The first-order chi connectivity index (χ1) is 18.0. The maximum Gasteiger partial charge on any atom is 0.225 e. The van der Waals surface area contributed by atoms with E-state index < -0.39 is 0 Å². The molecule has 3 aliphatic heterocycles. The second-order valence-corrected chi connectivity index (χ2v) is 11.9. The number of hydrogen-bond acceptors (Lipinski definition) is 4. The third-order valence-electron chi connectivity index (χ3n) is 9.25. The van der Waals surface area contributed by atoms with Gasteiger partial charge in [-0.05, 0) is 73.4 Å². The maximum atomic E-state index is 12.9. The highest BCUT2D eigenvalue weighted by Gasteiger charge is 2.46. The smallest absolute Gasteiger partial charge is 0.225 e. The van der Waals surface area contributed by atoms with Gasteiger partial charge < -0.3 is 19.4 Å². The third-order valence-corrected chi connectivity index (χ3v) is 9.25. The van der Waals surface area contributed by atoms with Crippen molar-refractivity contribution < 1.29 is 14.3 Å². The van der Waals surface area contributed by atoms with Crippen molar-refractivity contribution in [1.82, 2.24) is 14.7 Å². The van der Waals surface area contributed by atoms with Gasteiger partial charge in [0.1, 0.15) is 5.75 Å². The molecule has 1 unspecified atom stereocenters. The lowest BCUT2D eigenvalue weighted by atomic mass is 9.77. The molecule has 2 atom stereocenters. The normalized spacial score (nSPS) is 25.7. The van der Waals surface area contributed by atoms with Crippen LogP contribution in [0.1, 0.15) is 49.1 Å². The lowest BCUT2D eigenvalue weighted by Gasteiger charge is -2.40. The molecule has 6 heteroatoms. The van der Waals surface area contributed by atoms with Crippen LogP contribution in [0.15, 0.2) is 54.6 Å². The number of likely N-dealkylation sites (tertiary alicyclic amines) is 3. The number of hydrogen-bond donors (Lipinski definition) is 0. The minimum atomic E-state index is 0.114. The Morgan fingerprint density at radius 1 is 1.00 bits per heavy atom. The van der Waals surface area contributed by atoms with Gasteiger partial charge >= 0.3 is 0 Å². The zero-order chi connectivity index (χ0) is 25.4. The molecule has 1 spiro atoms. The van der Waals surface area contributed by atoms with Gasteiger partial charge in [-0.1, -0.05) is 42.5 Å². The molecule has 4 aliphatic rings. The first-order valence-electron chi connectivity index (χ1n) is 14.0. The number of carbonyl (C=O) groups excluding carboxylic acids is 2. The number of benzene rings is 2. The molecule has 196 valence electrons. The van der Waals surface area contributed by atoms with E-state index in [2.05, 4.69) is 57.2 Å². The molecule has 1 aliphatic carbocycles. The fourth-order valence-electron chi connectivity index (χ4n) is 6.86. The summed E-state index contributed by atoms with van der Waals surface area (Å²) in [6.07, 6.45) is 4.96. The average Bonchev–Trinajstić information content (AvgIpc) is 3.63. The number of ether oxygens (including phenoxy) is 1. The summed E-state index contributed by atoms with van der Waals surface area (Å²) in [6, 6.07) is 18.8. The summed E-state index contributed by atoms with van der Waals surface area (Å²) in [5.74, 6) is 2.67. The van der Waals surface area contributed by atoms with E-state index in [1.807, 2.05) is 12.1 Å². The zero-order valence-corrected chi connectivity index (χ0v) is 22.0. The second kappa shape index (κ2) is 10.1. The standard InChI is InChI=1S/C31H39N3O3/c1-37-27-11-7-23(8-12-27)18-34-22-31(17-29(34)35)13-15-32(16-14-31)19-26-20-33(30(36)25-9-10-25)21-28(26)24-5-3-2-4-6-24/h2-8,11-12,25-26,28H,9-10,13-22H2,1H3/t26-,28?/m0/s1. The van der Waals surface area contributed by atoms with Crippen LogP contribution in [0.25, 0.3) is 0 Å². The van der Waals surface area contributed by atoms with Gasteiger partial charge in [0, 0.05) is 51.0 Å². The Kier molecular flexibility index (Phi) is 6.70. The number of amides is 2. The number of piperidine rings is 1. The number of methoxy groups -OCH3 is 1. The molecule has 4 fully saturated rings. The van der Waals surface area contributed by atoms with Crippen molar-refractivity contribution in [2.24, 2.45) is 17.3 Å². The monoisotopic (exact) mass is 501 g/mol. The third kappa shape index (κ3) is 5.26. The number of nitrogens with zero attached hydrogens (tertiary/aromatic N) is 3. The fourth-order valence-corrected chi connectivity index (χ4v) is 6.86. The van der Waals surface area contributed by atoms with E-state index in [0.717, 1.165) is 76.3 Å². The quantitative estimate of drug-likeness (QED) is 0.572. The fraction of sp³-hybridized carbons (Fsp3) is 0.548. The predicted octanol–water partition coefficient (Wildman–Crippen LogP) is 4.16. The summed E-state index contributed by atoms with van der Waals surface area (Å²) in [7, 11) is 1.67. The van der Waals surface area contributed by atoms with E-state index in [-0.39, 0.29) is 11.3 Å². The largest absolute Gasteiger partial charge is 0.497 e. The lowest BCUT2D eigenvalue weighted by Crippen LogP contribution is -2.44. The molecule has 2 amide bonds. The topological polar surface area (TPSA) is 53.1 Å². The predicted molar refractivity (Wildman–Crippen MR) is 143 cm³/mol.